The topological polar surface area (TPSA) is 30.5 Å². The van der Waals surface area contributed by atoms with Crippen LogP contribution in [-0.2, 0) is 4.74 Å². The zero-order chi connectivity index (χ0) is 13.0. The first-order chi connectivity index (χ1) is 8.76. The molecule has 1 saturated heterocycles. The van der Waals surface area contributed by atoms with Crippen LogP contribution in [0.5, 0.6) is 5.75 Å². The number of benzene rings is 1. The average molecular weight is 270 g/mol. The molecule has 1 aliphatic rings. The van der Waals surface area contributed by atoms with E-state index in [9.17, 15) is 0 Å². The van der Waals surface area contributed by atoms with Crippen LogP contribution in [0.3, 0.4) is 0 Å². The van der Waals surface area contributed by atoms with E-state index in [2.05, 4.69) is 5.32 Å². The maximum absolute atomic E-state index is 6.10. The smallest absolute Gasteiger partial charge is 0.123 e. The molecule has 1 fully saturated rings. The quantitative estimate of drug-likeness (QED) is 0.911. The number of nitrogens with one attached hydrogen (secondary N) is 1. The Morgan fingerprint density at radius 1 is 1.50 bits per heavy atom. The molecule has 1 N–H and O–H groups in total. The van der Waals surface area contributed by atoms with Crippen molar-refractivity contribution in [2.75, 3.05) is 27.4 Å². The van der Waals surface area contributed by atoms with E-state index in [4.69, 9.17) is 21.1 Å². The molecule has 1 aliphatic heterocycles. The zero-order valence-corrected chi connectivity index (χ0v) is 11.7. The van der Waals surface area contributed by atoms with Crippen molar-refractivity contribution < 1.29 is 9.47 Å². The molecule has 100 valence electrons. The normalized spacial score (nSPS) is 21.6. The van der Waals surface area contributed by atoms with Crippen molar-refractivity contribution >= 4 is 11.6 Å². The van der Waals surface area contributed by atoms with Gasteiger partial charge in [0.2, 0.25) is 0 Å². The van der Waals surface area contributed by atoms with Crippen LogP contribution in [0.25, 0.3) is 0 Å². The summed E-state index contributed by atoms with van der Waals surface area (Å²) in [6, 6.07) is 5.98. The molecular weight excluding hydrogens is 250 g/mol. The molecule has 1 aromatic rings. The highest BCUT2D eigenvalue weighted by atomic mass is 35.5. The van der Waals surface area contributed by atoms with E-state index in [1.54, 1.807) is 7.11 Å². The highest BCUT2D eigenvalue weighted by molar-refractivity contribution is 6.30. The van der Waals surface area contributed by atoms with Gasteiger partial charge in [-0.3, -0.25) is 0 Å². The van der Waals surface area contributed by atoms with Crippen LogP contribution in [-0.4, -0.2) is 27.4 Å². The highest BCUT2D eigenvalue weighted by Crippen LogP contribution is 2.35. The van der Waals surface area contributed by atoms with Crippen molar-refractivity contribution in [2.24, 2.45) is 5.92 Å². The minimum atomic E-state index is 0.221. The first-order valence-corrected chi connectivity index (χ1v) is 6.72. The lowest BCUT2D eigenvalue weighted by Crippen LogP contribution is -2.31. The molecule has 0 bridgehead atoms. The van der Waals surface area contributed by atoms with E-state index in [1.165, 1.54) is 6.42 Å². The van der Waals surface area contributed by atoms with E-state index < -0.39 is 0 Å². The molecule has 0 amide bonds. The number of methoxy groups -OCH3 is 1. The van der Waals surface area contributed by atoms with Gasteiger partial charge < -0.3 is 14.8 Å². The molecule has 0 radical (unpaired) electrons. The fourth-order valence-corrected chi connectivity index (χ4v) is 2.80. The molecule has 2 rings (SSSR count). The van der Waals surface area contributed by atoms with E-state index in [0.717, 1.165) is 36.0 Å². The maximum Gasteiger partial charge on any atom is 0.123 e. The molecule has 0 spiro atoms. The fourth-order valence-electron chi connectivity index (χ4n) is 2.62. The summed E-state index contributed by atoms with van der Waals surface area (Å²) in [6.07, 6.45) is 2.28. The van der Waals surface area contributed by atoms with E-state index >= 15 is 0 Å². The van der Waals surface area contributed by atoms with Crippen molar-refractivity contribution in [3.8, 4) is 5.75 Å². The summed E-state index contributed by atoms with van der Waals surface area (Å²) in [5.74, 6) is 1.35. The van der Waals surface area contributed by atoms with Gasteiger partial charge in [0, 0.05) is 29.2 Å². The van der Waals surface area contributed by atoms with E-state index in [1.807, 2.05) is 25.2 Å². The second-order valence-corrected chi connectivity index (χ2v) is 5.07. The zero-order valence-electron chi connectivity index (χ0n) is 10.9. The SMILES string of the molecule is CNC(c1cc(Cl)ccc1OC)C1CCCOC1. The number of hydrogen-bond donors (Lipinski definition) is 1. The van der Waals surface area contributed by atoms with Gasteiger partial charge in [0.05, 0.1) is 13.7 Å². The molecule has 0 aliphatic carbocycles. The summed E-state index contributed by atoms with van der Waals surface area (Å²) in [7, 11) is 3.66. The molecule has 2 unspecified atom stereocenters. The number of rotatable bonds is 4. The van der Waals surface area contributed by atoms with Gasteiger partial charge in [-0.15, -0.1) is 0 Å². The van der Waals surface area contributed by atoms with Crippen LogP contribution in [0.15, 0.2) is 18.2 Å². The third kappa shape index (κ3) is 2.97. The van der Waals surface area contributed by atoms with Gasteiger partial charge in [0.15, 0.2) is 0 Å². The maximum atomic E-state index is 6.10. The predicted octanol–water partition coefficient (Wildman–Crippen LogP) is 3.04. The number of halogens is 1. The van der Waals surface area contributed by atoms with Gasteiger partial charge >= 0.3 is 0 Å². The Balaban J connectivity index is 2.27. The minimum Gasteiger partial charge on any atom is -0.496 e. The summed E-state index contributed by atoms with van der Waals surface area (Å²) in [5.41, 5.74) is 1.11. The van der Waals surface area contributed by atoms with Crippen molar-refractivity contribution in [3.05, 3.63) is 28.8 Å². The van der Waals surface area contributed by atoms with Crippen LogP contribution in [0.2, 0.25) is 5.02 Å². The standard InChI is InChI=1S/C14H20ClNO2/c1-16-14(10-4-3-7-18-9-10)12-8-11(15)5-6-13(12)17-2/h5-6,8,10,14,16H,3-4,7,9H2,1-2H3. The Morgan fingerprint density at radius 2 is 2.33 bits per heavy atom. The second-order valence-electron chi connectivity index (χ2n) is 4.63. The van der Waals surface area contributed by atoms with E-state index in [0.29, 0.717) is 5.92 Å². The average Bonchev–Trinajstić information content (AvgIpc) is 2.41. The molecule has 0 aromatic heterocycles. The summed E-state index contributed by atoms with van der Waals surface area (Å²) >= 11 is 6.10. The lowest BCUT2D eigenvalue weighted by Gasteiger charge is -2.31. The molecular formula is C14H20ClNO2. The van der Waals surface area contributed by atoms with Crippen molar-refractivity contribution in [1.82, 2.24) is 5.32 Å². The molecule has 18 heavy (non-hydrogen) atoms. The van der Waals surface area contributed by atoms with Gasteiger partial charge in [-0.2, -0.15) is 0 Å². The number of ether oxygens (including phenoxy) is 2. The first kappa shape index (κ1) is 13.7. The molecule has 1 heterocycles. The fraction of sp³-hybridized carbons (Fsp3) is 0.571. The van der Waals surface area contributed by atoms with Crippen LogP contribution >= 0.6 is 11.6 Å². The Hall–Kier alpha value is -0.770. The van der Waals surface area contributed by atoms with Gasteiger partial charge in [-0.1, -0.05) is 11.6 Å². The lowest BCUT2D eigenvalue weighted by molar-refractivity contribution is 0.0398. The molecule has 2 atom stereocenters. The molecule has 0 saturated carbocycles. The van der Waals surface area contributed by atoms with Crippen LogP contribution in [0.1, 0.15) is 24.4 Å². The minimum absolute atomic E-state index is 0.221. The molecule has 4 heteroatoms. The third-order valence-corrected chi connectivity index (χ3v) is 3.74. The summed E-state index contributed by atoms with van der Waals surface area (Å²) in [4.78, 5) is 0. The Bertz CT molecular complexity index is 391. The molecule has 1 aromatic carbocycles. The van der Waals surface area contributed by atoms with Gasteiger partial charge in [0.25, 0.3) is 0 Å². The van der Waals surface area contributed by atoms with Gasteiger partial charge in [-0.25, -0.2) is 0 Å². The Kier molecular flexibility index (Phi) is 4.87. The largest absolute Gasteiger partial charge is 0.496 e. The van der Waals surface area contributed by atoms with Crippen LogP contribution in [0.4, 0.5) is 0 Å². The lowest BCUT2D eigenvalue weighted by atomic mass is 9.88. The summed E-state index contributed by atoms with van der Waals surface area (Å²) in [5, 5.41) is 4.11. The van der Waals surface area contributed by atoms with Gasteiger partial charge in [-0.05, 0) is 38.1 Å². The van der Waals surface area contributed by atoms with E-state index in [-0.39, 0.29) is 6.04 Å². The van der Waals surface area contributed by atoms with Crippen LogP contribution in [0, 0.1) is 5.92 Å². The van der Waals surface area contributed by atoms with Crippen LogP contribution < -0.4 is 10.1 Å². The summed E-state index contributed by atoms with van der Waals surface area (Å²) in [6.45, 7) is 1.67. The van der Waals surface area contributed by atoms with Crippen molar-refractivity contribution in [2.45, 2.75) is 18.9 Å². The highest BCUT2D eigenvalue weighted by Gasteiger charge is 2.26. The Morgan fingerprint density at radius 3 is 2.94 bits per heavy atom. The van der Waals surface area contributed by atoms with Crippen molar-refractivity contribution in [1.29, 1.82) is 0 Å². The first-order valence-electron chi connectivity index (χ1n) is 6.34. The van der Waals surface area contributed by atoms with Gasteiger partial charge in [0.1, 0.15) is 5.75 Å². The molecule has 3 nitrogen and oxygen atoms in total. The Labute approximate surface area is 113 Å². The third-order valence-electron chi connectivity index (χ3n) is 3.50. The summed E-state index contributed by atoms with van der Waals surface area (Å²) < 4.78 is 11.0. The van der Waals surface area contributed by atoms with Crippen molar-refractivity contribution in [3.63, 3.8) is 0 Å². The predicted molar refractivity (Wildman–Crippen MR) is 73.3 cm³/mol. The second kappa shape index (κ2) is 6.41. The monoisotopic (exact) mass is 269 g/mol. The number of hydrogen-bond acceptors (Lipinski definition) is 3.